The molecule has 0 saturated carbocycles. The molecule has 1 aliphatic rings. The molecule has 6 nitrogen and oxygen atoms in total. The lowest BCUT2D eigenvalue weighted by molar-refractivity contribution is -0.132. The molecule has 1 aliphatic heterocycles. The first-order chi connectivity index (χ1) is 15.1. The molecule has 0 spiro atoms. The van der Waals surface area contributed by atoms with Gasteiger partial charge in [0.2, 0.25) is 11.9 Å². The Morgan fingerprint density at radius 2 is 2.00 bits per heavy atom. The summed E-state index contributed by atoms with van der Waals surface area (Å²) in [5.41, 5.74) is 2.99. The van der Waals surface area contributed by atoms with E-state index in [0.29, 0.717) is 31.2 Å². The molecule has 0 aliphatic carbocycles. The summed E-state index contributed by atoms with van der Waals surface area (Å²) in [6, 6.07) is 12.1. The van der Waals surface area contributed by atoms with Crippen molar-refractivity contribution in [3.05, 3.63) is 77.5 Å². The fourth-order valence-corrected chi connectivity index (χ4v) is 3.82. The number of rotatable bonds is 6. The first kappa shape index (κ1) is 20.9. The quantitative estimate of drug-likeness (QED) is 0.641. The van der Waals surface area contributed by atoms with Gasteiger partial charge in [0.05, 0.1) is 5.69 Å². The number of carbonyl (C=O) groups excluding carboxylic acids is 1. The monoisotopic (exact) mass is 419 g/mol. The van der Waals surface area contributed by atoms with E-state index in [1.54, 1.807) is 24.5 Å². The summed E-state index contributed by atoms with van der Waals surface area (Å²) in [6.07, 6.45) is 6.51. The van der Waals surface area contributed by atoms with Crippen LogP contribution in [0.15, 0.2) is 54.9 Å². The number of anilines is 2. The third-order valence-electron chi connectivity index (χ3n) is 5.56. The minimum absolute atomic E-state index is 0.130. The minimum atomic E-state index is -0.259. The first-order valence-corrected chi connectivity index (χ1v) is 10.6. The van der Waals surface area contributed by atoms with Crippen LogP contribution < -0.4 is 5.32 Å². The lowest BCUT2D eigenvalue weighted by Gasteiger charge is -2.32. The zero-order valence-corrected chi connectivity index (χ0v) is 17.6. The summed E-state index contributed by atoms with van der Waals surface area (Å²) in [4.78, 5) is 28.0. The van der Waals surface area contributed by atoms with E-state index in [9.17, 15) is 9.18 Å². The van der Waals surface area contributed by atoms with Gasteiger partial charge in [0.15, 0.2) is 0 Å². The van der Waals surface area contributed by atoms with E-state index >= 15 is 0 Å². The Hall–Kier alpha value is -3.35. The number of piperidine rings is 1. The van der Waals surface area contributed by atoms with Crippen LogP contribution in [0.5, 0.6) is 0 Å². The number of likely N-dealkylation sites (tertiary alicyclic amines) is 1. The van der Waals surface area contributed by atoms with Crippen molar-refractivity contribution in [2.75, 3.05) is 18.4 Å². The van der Waals surface area contributed by atoms with Gasteiger partial charge in [0.1, 0.15) is 11.6 Å². The predicted molar refractivity (Wildman–Crippen MR) is 118 cm³/mol. The van der Waals surface area contributed by atoms with Crippen LogP contribution in [0.2, 0.25) is 0 Å². The maximum Gasteiger partial charge on any atom is 0.228 e. The molecule has 0 radical (unpaired) electrons. The summed E-state index contributed by atoms with van der Waals surface area (Å²) in [7, 11) is 0. The highest BCUT2D eigenvalue weighted by Gasteiger charge is 2.25. The van der Waals surface area contributed by atoms with Crippen LogP contribution in [0.3, 0.4) is 0 Å². The summed E-state index contributed by atoms with van der Waals surface area (Å²) < 4.78 is 13.1. The molecule has 1 unspecified atom stereocenters. The van der Waals surface area contributed by atoms with Gasteiger partial charge in [-0.15, -0.1) is 0 Å². The lowest BCUT2D eigenvalue weighted by Crippen LogP contribution is -2.39. The molecule has 1 amide bonds. The van der Waals surface area contributed by atoms with Gasteiger partial charge < -0.3 is 10.2 Å². The van der Waals surface area contributed by atoms with Gasteiger partial charge >= 0.3 is 0 Å². The van der Waals surface area contributed by atoms with Crippen LogP contribution in [0.4, 0.5) is 16.2 Å². The van der Waals surface area contributed by atoms with Crippen molar-refractivity contribution in [1.82, 2.24) is 19.9 Å². The number of aryl methyl sites for hydroxylation is 2. The van der Waals surface area contributed by atoms with Crippen LogP contribution in [0.25, 0.3) is 0 Å². The average Bonchev–Trinajstić information content (AvgIpc) is 2.80. The molecule has 3 heterocycles. The highest BCUT2D eigenvalue weighted by atomic mass is 19.1. The van der Waals surface area contributed by atoms with E-state index in [2.05, 4.69) is 20.3 Å². The number of pyridine rings is 1. The van der Waals surface area contributed by atoms with Crippen molar-refractivity contribution in [3.63, 3.8) is 0 Å². The Morgan fingerprint density at radius 1 is 1.16 bits per heavy atom. The fraction of sp³-hybridized carbons (Fsp3) is 0.333. The largest absolute Gasteiger partial charge is 0.342 e. The van der Waals surface area contributed by atoms with Gasteiger partial charge in [-0.05, 0) is 61.6 Å². The molecule has 7 heteroatoms. The Labute approximate surface area is 181 Å². The lowest BCUT2D eigenvalue weighted by atomic mass is 9.94. The molecular formula is C24H26FN5O. The number of halogens is 1. The number of amides is 1. The van der Waals surface area contributed by atoms with Crippen molar-refractivity contribution >= 4 is 17.7 Å². The van der Waals surface area contributed by atoms with Crippen LogP contribution >= 0.6 is 0 Å². The topological polar surface area (TPSA) is 71.0 Å². The Morgan fingerprint density at radius 3 is 2.77 bits per heavy atom. The molecule has 1 N–H and O–H groups in total. The van der Waals surface area contributed by atoms with Crippen molar-refractivity contribution < 1.29 is 9.18 Å². The van der Waals surface area contributed by atoms with Crippen molar-refractivity contribution in [2.45, 2.75) is 38.5 Å². The zero-order chi connectivity index (χ0) is 21.6. The number of hydrogen-bond acceptors (Lipinski definition) is 5. The summed E-state index contributed by atoms with van der Waals surface area (Å²) >= 11 is 0. The van der Waals surface area contributed by atoms with E-state index < -0.39 is 0 Å². The van der Waals surface area contributed by atoms with Gasteiger partial charge in [-0.3, -0.25) is 4.79 Å². The molecule has 1 atom stereocenters. The van der Waals surface area contributed by atoms with Crippen molar-refractivity contribution in [3.8, 4) is 0 Å². The SMILES string of the molecule is Cc1ccc(Nc2nccc(C3CCCN(C(=O)CCc4ccc(F)cc4)C3)n2)nc1. The number of carbonyl (C=O) groups is 1. The second-order valence-electron chi connectivity index (χ2n) is 7.96. The molecule has 1 saturated heterocycles. The van der Waals surface area contributed by atoms with Gasteiger partial charge in [-0.25, -0.2) is 19.3 Å². The normalized spacial score (nSPS) is 16.2. The van der Waals surface area contributed by atoms with Gasteiger partial charge in [0, 0.05) is 37.8 Å². The van der Waals surface area contributed by atoms with Crippen LogP contribution in [0.1, 0.15) is 42.0 Å². The predicted octanol–water partition coefficient (Wildman–Crippen LogP) is 4.40. The maximum absolute atomic E-state index is 13.1. The van der Waals surface area contributed by atoms with Crippen LogP contribution in [0, 0.1) is 12.7 Å². The third kappa shape index (κ3) is 5.63. The molecule has 2 aromatic heterocycles. The van der Waals surface area contributed by atoms with E-state index in [1.807, 2.05) is 30.0 Å². The standard InChI is InChI=1S/C24H26FN5O/c1-17-4-10-22(27-15-17)29-24-26-13-12-21(28-24)19-3-2-14-30(16-19)23(31)11-7-18-5-8-20(25)9-6-18/h4-6,8-10,12-13,15,19H,2-3,7,11,14,16H2,1H3,(H,26,27,28,29). The highest BCUT2D eigenvalue weighted by Crippen LogP contribution is 2.27. The van der Waals surface area contributed by atoms with Crippen molar-refractivity contribution in [1.29, 1.82) is 0 Å². The summed E-state index contributed by atoms with van der Waals surface area (Å²) in [5, 5.41) is 3.15. The second kappa shape index (κ2) is 9.64. The maximum atomic E-state index is 13.1. The van der Waals surface area contributed by atoms with Crippen LogP contribution in [-0.4, -0.2) is 38.8 Å². The highest BCUT2D eigenvalue weighted by molar-refractivity contribution is 5.76. The first-order valence-electron chi connectivity index (χ1n) is 10.6. The van der Waals surface area contributed by atoms with E-state index in [1.165, 1.54) is 12.1 Å². The van der Waals surface area contributed by atoms with E-state index in [-0.39, 0.29) is 17.6 Å². The summed E-state index contributed by atoms with van der Waals surface area (Å²) in [6.45, 7) is 3.41. The third-order valence-corrected chi connectivity index (χ3v) is 5.56. The number of hydrogen-bond donors (Lipinski definition) is 1. The Kier molecular flexibility index (Phi) is 6.50. The van der Waals surface area contributed by atoms with Gasteiger partial charge in [0.25, 0.3) is 0 Å². The number of aromatic nitrogens is 3. The van der Waals surface area contributed by atoms with Crippen molar-refractivity contribution in [2.24, 2.45) is 0 Å². The molecule has 160 valence electrons. The zero-order valence-electron chi connectivity index (χ0n) is 17.6. The second-order valence-corrected chi connectivity index (χ2v) is 7.96. The van der Waals surface area contributed by atoms with Gasteiger partial charge in [-0.1, -0.05) is 18.2 Å². The minimum Gasteiger partial charge on any atom is -0.342 e. The summed E-state index contributed by atoms with van der Waals surface area (Å²) in [5.74, 6) is 1.26. The molecule has 0 bridgehead atoms. The fourth-order valence-electron chi connectivity index (χ4n) is 3.82. The average molecular weight is 420 g/mol. The van der Waals surface area contributed by atoms with E-state index in [4.69, 9.17) is 0 Å². The Bertz CT molecular complexity index is 1020. The Balaban J connectivity index is 1.37. The molecule has 4 rings (SSSR count). The molecule has 3 aromatic rings. The smallest absolute Gasteiger partial charge is 0.228 e. The molecule has 1 fully saturated rings. The van der Waals surface area contributed by atoms with Gasteiger partial charge in [-0.2, -0.15) is 0 Å². The number of benzene rings is 1. The molecule has 1 aromatic carbocycles. The molecular weight excluding hydrogens is 393 g/mol. The number of nitrogens with zero attached hydrogens (tertiary/aromatic N) is 4. The molecule has 31 heavy (non-hydrogen) atoms. The van der Waals surface area contributed by atoms with E-state index in [0.717, 1.165) is 36.2 Å². The van der Waals surface area contributed by atoms with Crippen LogP contribution in [-0.2, 0) is 11.2 Å². The number of nitrogens with one attached hydrogen (secondary N) is 1.